The molecule has 0 amide bonds. The molecule has 3 rings (SSSR count). The molecule has 0 atom stereocenters. The maximum absolute atomic E-state index is 5.99. The number of aromatic nitrogens is 2. The van der Waals surface area contributed by atoms with E-state index in [4.69, 9.17) is 11.6 Å². The van der Waals surface area contributed by atoms with Gasteiger partial charge in [0.05, 0.1) is 5.69 Å². The van der Waals surface area contributed by atoms with Gasteiger partial charge in [-0.05, 0) is 30.5 Å². The Labute approximate surface area is 123 Å². The largest absolute Gasteiger partial charge is 0.366 e. The molecule has 1 aliphatic carbocycles. The van der Waals surface area contributed by atoms with Gasteiger partial charge in [0.1, 0.15) is 5.82 Å². The number of nitrogens with zero attached hydrogens (tertiary/aromatic N) is 2. The minimum Gasteiger partial charge on any atom is -0.366 e. The summed E-state index contributed by atoms with van der Waals surface area (Å²) in [5.41, 5.74) is 2.26. The summed E-state index contributed by atoms with van der Waals surface area (Å²) in [6.45, 7) is 0.699. The molecule has 2 N–H and O–H groups in total. The fraction of sp³-hybridized carbons (Fsp3) is 0.333. The molecule has 1 heterocycles. The molecule has 1 fully saturated rings. The quantitative estimate of drug-likeness (QED) is 0.881. The maximum atomic E-state index is 5.99. The van der Waals surface area contributed by atoms with Crippen molar-refractivity contribution in [3.63, 3.8) is 0 Å². The van der Waals surface area contributed by atoms with Crippen LogP contribution in [-0.2, 0) is 6.54 Å². The zero-order chi connectivity index (χ0) is 13.9. The molecule has 1 saturated carbocycles. The third-order valence-electron chi connectivity index (χ3n) is 3.33. The van der Waals surface area contributed by atoms with Crippen molar-refractivity contribution in [3.05, 3.63) is 46.6 Å². The van der Waals surface area contributed by atoms with E-state index in [1.807, 2.05) is 37.4 Å². The molecule has 0 bridgehead atoms. The number of hydrogen-bond donors (Lipinski definition) is 2. The highest BCUT2D eigenvalue weighted by molar-refractivity contribution is 6.30. The van der Waals surface area contributed by atoms with E-state index in [0.717, 1.165) is 22.1 Å². The number of benzene rings is 1. The third kappa shape index (κ3) is 3.20. The van der Waals surface area contributed by atoms with Gasteiger partial charge in [0.2, 0.25) is 5.95 Å². The summed E-state index contributed by atoms with van der Waals surface area (Å²) in [5.74, 6) is 2.13. The number of rotatable bonds is 5. The standard InChI is InChI=1S/C15H17ClN4/c1-17-15-19-13(11-5-6-11)8-14(20-15)18-9-10-3-2-4-12(16)7-10/h2-4,7-8,11H,5-6,9H2,1H3,(H2,17,18,19,20). The third-order valence-corrected chi connectivity index (χ3v) is 3.56. The van der Waals surface area contributed by atoms with Gasteiger partial charge in [0.25, 0.3) is 0 Å². The number of hydrogen-bond acceptors (Lipinski definition) is 4. The van der Waals surface area contributed by atoms with Crippen molar-refractivity contribution in [3.8, 4) is 0 Å². The molecular formula is C15H17ClN4. The predicted octanol–water partition coefficient (Wildman–Crippen LogP) is 3.66. The Bertz CT molecular complexity index is 611. The molecule has 2 aromatic rings. The van der Waals surface area contributed by atoms with E-state index in [-0.39, 0.29) is 0 Å². The summed E-state index contributed by atoms with van der Waals surface area (Å²) >= 11 is 5.99. The van der Waals surface area contributed by atoms with Crippen molar-refractivity contribution in [2.24, 2.45) is 0 Å². The topological polar surface area (TPSA) is 49.8 Å². The van der Waals surface area contributed by atoms with Crippen LogP contribution >= 0.6 is 11.6 Å². The summed E-state index contributed by atoms with van der Waals surface area (Å²) in [4.78, 5) is 8.93. The van der Waals surface area contributed by atoms with E-state index < -0.39 is 0 Å². The number of nitrogens with one attached hydrogen (secondary N) is 2. The lowest BCUT2D eigenvalue weighted by atomic mass is 10.2. The van der Waals surface area contributed by atoms with E-state index in [9.17, 15) is 0 Å². The summed E-state index contributed by atoms with van der Waals surface area (Å²) in [5, 5.41) is 7.10. The summed E-state index contributed by atoms with van der Waals surface area (Å²) in [6, 6.07) is 9.87. The smallest absolute Gasteiger partial charge is 0.224 e. The highest BCUT2D eigenvalue weighted by atomic mass is 35.5. The van der Waals surface area contributed by atoms with E-state index in [1.165, 1.54) is 12.8 Å². The van der Waals surface area contributed by atoms with Crippen molar-refractivity contribution in [2.75, 3.05) is 17.7 Å². The molecule has 20 heavy (non-hydrogen) atoms. The first kappa shape index (κ1) is 13.2. The van der Waals surface area contributed by atoms with Crippen molar-refractivity contribution < 1.29 is 0 Å². The van der Waals surface area contributed by atoms with Gasteiger partial charge in [-0.2, -0.15) is 4.98 Å². The molecule has 4 nitrogen and oxygen atoms in total. The first-order valence-corrected chi connectivity index (χ1v) is 7.17. The average molecular weight is 289 g/mol. The molecule has 1 aromatic heterocycles. The van der Waals surface area contributed by atoms with E-state index in [1.54, 1.807) is 0 Å². The van der Waals surface area contributed by atoms with Gasteiger partial charge < -0.3 is 10.6 Å². The Hall–Kier alpha value is -1.81. The average Bonchev–Trinajstić information content (AvgIpc) is 3.29. The van der Waals surface area contributed by atoms with Crippen LogP contribution in [0.3, 0.4) is 0 Å². The zero-order valence-electron chi connectivity index (χ0n) is 11.4. The Morgan fingerprint density at radius 2 is 2.10 bits per heavy atom. The molecule has 5 heteroatoms. The molecule has 0 spiro atoms. The first-order chi connectivity index (χ1) is 9.74. The molecule has 1 aromatic carbocycles. The van der Waals surface area contributed by atoms with Crippen molar-refractivity contribution >= 4 is 23.4 Å². The SMILES string of the molecule is CNc1nc(NCc2cccc(Cl)c2)cc(C2CC2)n1. The second-order valence-corrected chi connectivity index (χ2v) is 5.45. The molecule has 0 unspecified atom stereocenters. The van der Waals surface area contributed by atoms with Crippen LogP contribution in [0.1, 0.15) is 30.0 Å². The summed E-state index contributed by atoms with van der Waals surface area (Å²) in [6.07, 6.45) is 2.46. The first-order valence-electron chi connectivity index (χ1n) is 6.79. The highest BCUT2D eigenvalue weighted by Crippen LogP contribution is 2.39. The second kappa shape index (κ2) is 5.67. The molecule has 104 valence electrons. The normalized spacial score (nSPS) is 14.1. The molecule has 0 radical (unpaired) electrons. The van der Waals surface area contributed by atoms with Crippen molar-refractivity contribution in [1.29, 1.82) is 0 Å². The van der Waals surface area contributed by atoms with Gasteiger partial charge in [-0.3, -0.25) is 0 Å². The van der Waals surface area contributed by atoms with Crippen molar-refractivity contribution in [1.82, 2.24) is 9.97 Å². The Morgan fingerprint density at radius 3 is 2.80 bits per heavy atom. The molecule has 1 aliphatic rings. The fourth-order valence-corrected chi connectivity index (χ4v) is 2.31. The van der Waals surface area contributed by atoms with Crippen LogP contribution in [0.25, 0.3) is 0 Å². The number of halogens is 1. The van der Waals surface area contributed by atoms with Crippen LogP contribution in [-0.4, -0.2) is 17.0 Å². The van der Waals surface area contributed by atoms with E-state index >= 15 is 0 Å². The van der Waals surface area contributed by atoms with Gasteiger partial charge >= 0.3 is 0 Å². The van der Waals surface area contributed by atoms with Gasteiger partial charge in [-0.25, -0.2) is 4.98 Å². The fourth-order valence-electron chi connectivity index (χ4n) is 2.10. The Morgan fingerprint density at radius 1 is 1.25 bits per heavy atom. The van der Waals surface area contributed by atoms with Gasteiger partial charge in [-0.1, -0.05) is 23.7 Å². The monoisotopic (exact) mass is 288 g/mol. The Kier molecular flexibility index (Phi) is 3.74. The second-order valence-electron chi connectivity index (χ2n) is 5.01. The van der Waals surface area contributed by atoms with Gasteiger partial charge in [0, 0.05) is 30.6 Å². The van der Waals surface area contributed by atoms with Crippen LogP contribution in [0.4, 0.5) is 11.8 Å². The van der Waals surface area contributed by atoms with Gasteiger partial charge in [0.15, 0.2) is 0 Å². The lowest BCUT2D eigenvalue weighted by Crippen LogP contribution is -2.06. The predicted molar refractivity (Wildman–Crippen MR) is 82.3 cm³/mol. The zero-order valence-corrected chi connectivity index (χ0v) is 12.1. The Balaban J connectivity index is 1.74. The van der Waals surface area contributed by atoms with Crippen LogP contribution in [0, 0.1) is 0 Å². The van der Waals surface area contributed by atoms with E-state index in [0.29, 0.717) is 18.4 Å². The van der Waals surface area contributed by atoms with E-state index in [2.05, 4.69) is 20.6 Å². The van der Waals surface area contributed by atoms with Crippen LogP contribution < -0.4 is 10.6 Å². The van der Waals surface area contributed by atoms with Crippen LogP contribution in [0.2, 0.25) is 5.02 Å². The summed E-state index contributed by atoms with van der Waals surface area (Å²) < 4.78 is 0. The summed E-state index contributed by atoms with van der Waals surface area (Å²) in [7, 11) is 1.84. The maximum Gasteiger partial charge on any atom is 0.224 e. The van der Waals surface area contributed by atoms with Crippen molar-refractivity contribution in [2.45, 2.75) is 25.3 Å². The molecule has 0 aliphatic heterocycles. The lowest BCUT2D eigenvalue weighted by molar-refractivity contribution is 0.979. The highest BCUT2D eigenvalue weighted by Gasteiger charge is 2.26. The minimum absolute atomic E-state index is 0.608. The number of anilines is 2. The minimum atomic E-state index is 0.608. The van der Waals surface area contributed by atoms with Crippen LogP contribution in [0.15, 0.2) is 30.3 Å². The van der Waals surface area contributed by atoms with Gasteiger partial charge in [-0.15, -0.1) is 0 Å². The lowest BCUT2D eigenvalue weighted by Gasteiger charge is -2.09. The molecule has 0 saturated heterocycles. The molecular weight excluding hydrogens is 272 g/mol. The van der Waals surface area contributed by atoms with Crippen LogP contribution in [0.5, 0.6) is 0 Å².